The second-order valence-corrected chi connectivity index (χ2v) is 5.00. The predicted octanol–water partition coefficient (Wildman–Crippen LogP) is 1.83. The van der Waals surface area contributed by atoms with E-state index in [0.29, 0.717) is 0 Å². The van der Waals surface area contributed by atoms with Crippen molar-refractivity contribution in [2.24, 2.45) is 0 Å². The minimum absolute atomic E-state index is 0.126. The molecule has 4 nitrogen and oxygen atoms in total. The quantitative estimate of drug-likeness (QED) is 0.829. The number of rotatable bonds is 4. The molecule has 0 aromatic carbocycles. The molecule has 1 fully saturated rings. The Bertz CT molecular complexity index is 309. The van der Waals surface area contributed by atoms with E-state index >= 15 is 0 Å². The zero-order valence-corrected chi connectivity index (χ0v) is 9.36. The fourth-order valence-corrected chi connectivity index (χ4v) is 2.47. The normalized spacial score (nSPS) is 19.0. The molecule has 0 bridgehead atoms. The molecule has 0 radical (unpaired) electrons. The smallest absolute Gasteiger partial charge is 0.206 e. The van der Waals surface area contributed by atoms with Crippen LogP contribution < -0.4 is 5.32 Å². The lowest BCUT2D eigenvalue weighted by molar-refractivity contribution is 0.0983. The molecular formula is C9H15N3OS. The first-order valence-corrected chi connectivity index (χ1v) is 5.63. The summed E-state index contributed by atoms with van der Waals surface area (Å²) >= 11 is 1.60. The maximum Gasteiger partial charge on any atom is 0.206 e. The van der Waals surface area contributed by atoms with Gasteiger partial charge in [-0.3, -0.25) is 0 Å². The molecule has 1 aliphatic rings. The number of ether oxygens (including phenoxy) is 1. The van der Waals surface area contributed by atoms with Gasteiger partial charge in [0, 0.05) is 7.11 Å². The van der Waals surface area contributed by atoms with Gasteiger partial charge in [-0.05, 0) is 26.2 Å². The molecule has 1 aliphatic carbocycles. The second-order valence-electron chi connectivity index (χ2n) is 3.82. The summed E-state index contributed by atoms with van der Waals surface area (Å²) < 4.78 is 5.22. The highest BCUT2D eigenvalue weighted by molar-refractivity contribution is 7.15. The van der Waals surface area contributed by atoms with Crippen LogP contribution in [0.25, 0.3) is 0 Å². The van der Waals surface area contributed by atoms with Gasteiger partial charge in [-0.2, -0.15) is 0 Å². The summed E-state index contributed by atoms with van der Waals surface area (Å²) in [7, 11) is 1.74. The van der Waals surface area contributed by atoms with E-state index < -0.39 is 0 Å². The molecule has 0 atom stereocenters. The Balaban J connectivity index is 2.01. The van der Waals surface area contributed by atoms with Crippen molar-refractivity contribution in [3.63, 3.8) is 0 Å². The zero-order valence-electron chi connectivity index (χ0n) is 8.54. The summed E-state index contributed by atoms with van der Waals surface area (Å²) in [6.07, 6.45) is 3.60. The molecule has 14 heavy (non-hydrogen) atoms. The number of aryl methyl sites for hydroxylation is 1. The predicted molar refractivity (Wildman–Crippen MR) is 56.7 cm³/mol. The van der Waals surface area contributed by atoms with Crippen molar-refractivity contribution in [2.75, 3.05) is 19.0 Å². The Hall–Kier alpha value is -0.680. The van der Waals surface area contributed by atoms with Crippen LogP contribution in [0.15, 0.2) is 0 Å². The third kappa shape index (κ3) is 1.88. The third-order valence-electron chi connectivity index (χ3n) is 2.63. The fraction of sp³-hybridized carbons (Fsp3) is 0.778. The minimum atomic E-state index is 0.126. The van der Waals surface area contributed by atoms with Crippen molar-refractivity contribution < 1.29 is 4.74 Å². The molecule has 1 aromatic rings. The lowest BCUT2D eigenvalue weighted by atomic mass is 9.77. The van der Waals surface area contributed by atoms with Gasteiger partial charge in [0.2, 0.25) is 5.13 Å². The summed E-state index contributed by atoms with van der Waals surface area (Å²) in [6.45, 7) is 2.72. The van der Waals surface area contributed by atoms with E-state index in [9.17, 15) is 0 Å². The van der Waals surface area contributed by atoms with Crippen LogP contribution in [0.5, 0.6) is 0 Å². The van der Waals surface area contributed by atoms with E-state index in [1.54, 1.807) is 18.4 Å². The van der Waals surface area contributed by atoms with Crippen LogP contribution in [0, 0.1) is 6.92 Å². The van der Waals surface area contributed by atoms with E-state index in [1.165, 1.54) is 19.3 Å². The van der Waals surface area contributed by atoms with Gasteiger partial charge in [-0.25, -0.2) is 0 Å². The minimum Gasteiger partial charge on any atom is -0.382 e. The Morgan fingerprint density at radius 2 is 2.29 bits per heavy atom. The molecule has 0 spiro atoms. The lowest BCUT2D eigenvalue weighted by Gasteiger charge is -2.41. The SMILES string of the molecule is COCC1(Nc2nnc(C)s2)CCC1. The third-order valence-corrected chi connectivity index (χ3v) is 3.38. The van der Waals surface area contributed by atoms with Crippen LogP contribution in [0.2, 0.25) is 0 Å². The molecule has 1 aromatic heterocycles. The number of hydrogen-bond acceptors (Lipinski definition) is 5. The van der Waals surface area contributed by atoms with Gasteiger partial charge in [0.1, 0.15) is 5.01 Å². The van der Waals surface area contributed by atoms with Crippen molar-refractivity contribution in [2.45, 2.75) is 31.7 Å². The average Bonchev–Trinajstić information content (AvgIpc) is 2.48. The topological polar surface area (TPSA) is 47.0 Å². The standard InChI is InChI=1S/C9H15N3OS/c1-7-11-12-8(14-7)10-9(6-13-2)4-3-5-9/h3-6H2,1-2H3,(H,10,12). The van der Waals surface area contributed by atoms with E-state index in [1.807, 2.05) is 6.92 Å². The van der Waals surface area contributed by atoms with Crippen LogP contribution >= 0.6 is 11.3 Å². The number of nitrogens with zero attached hydrogens (tertiary/aromatic N) is 2. The van der Waals surface area contributed by atoms with Crippen LogP contribution in [-0.4, -0.2) is 29.5 Å². The molecule has 0 saturated heterocycles. The molecule has 1 N–H and O–H groups in total. The van der Waals surface area contributed by atoms with E-state index in [0.717, 1.165) is 16.7 Å². The first-order chi connectivity index (χ1) is 6.74. The lowest BCUT2D eigenvalue weighted by Crippen LogP contribution is -2.48. The highest BCUT2D eigenvalue weighted by atomic mass is 32.1. The Morgan fingerprint density at radius 3 is 2.71 bits per heavy atom. The van der Waals surface area contributed by atoms with Gasteiger partial charge in [0.15, 0.2) is 0 Å². The first-order valence-electron chi connectivity index (χ1n) is 4.81. The Kier molecular flexibility index (Phi) is 2.69. The van der Waals surface area contributed by atoms with Crippen molar-refractivity contribution in [3.05, 3.63) is 5.01 Å². The Labute approximate surface area is 87.7 Å². The van der Waals surface area contributed by atoms with Gasteiger partial charge in [0.25, 0.3) is 0 Å². The van der Waals surface area contributed by atoms with Crippen LogP contribution in [0.1, 0.15) is 24.3 Å². The summed E-state index contributed by atoms with van der Waals surface area (Å²) in [5.41, 5.74) is 0.126. The van der Waals surface area contributed by atoms with Gasteiger partial charge >= 0.3 is 0 Å². The first kappa shape index (κ1) is 9.86. The summed E-state index contributed by atoms with van der Waals surface area (Å²) in [6, 6.07) is 0. The molecular weight excluding hydrogens is 198 g/mol. The van der Waals surface area contributed by atoms with Crippen molar-refractivity contribution in [1.82, 2.24) is 10.2 Å². The number of hydrogen-bond donors (Lipinski definition) is 1. The number of anilines is 1. The van der Waals surface area contributed by atoms with Gasteiger partial charge in [-0.15, -0.1) is 10.2 Å². The van der Waals surface area contributed by atoms with Gasteiger partial charge in [-0.1, -0.05) is 11.3 Å². The zero-order chi connectivity index (χ0) is 10.0. The molecule has 2 rings (SSSR count). The highest BCUT2D eigenvalue weighted by Gasteiger charge is 2.37. The summed E-state index contributed by atoms with van der Waals surface area (Å²) in [5.74, 6) is 0. The molecule has 0 amide bonds. The monoisotopic (exact) mass is 213 g/mol. The van der Waals surface area contributed by atoms with E-state index in [2.05, 4.69) is 15.5 Å². The van der Waals surface area contributed by atoms with Crippen molar-refractivity contribution in [1.29, 1.82) is 0 Å². The summed E-state index contributed by atoms with van der Waals surface area (Å²) in [5, 5.41) is 13.4. The number of aromatic nitrogens is 2. The van der Waals surface area contributed by atoms with Gasteiger partial charge in [0.05, 0.1) is 12.1 Å². The maximum absolute atomic E-state index is 5.22. The van der Waals surface area contributed by atoms with Crippen LogP contribution in [0.3, 0.4) is 0 Å². The Morgan fingerprint density at radius 1 is 1.50 bits per heavy atom. The van der Waals surface area contributed by atoms with E-state index in [-0.39, 0.29) is 5.54 Å². The summed E-state index contributed by atoms with van der Waals surface area (Å²) in [4.78, 5) is 0. The molecule has 1 saturated carbocycles. The average molecular weight is 213 g/mol. The van der Waals surface area contributed by atoms with Crippen molar-refractivity contribution >= 4 is 16.5 Å². The molecule has 0 unspecified atom stereocenters. The second kappa shape index (κ2) is 3.82. The van der Waals surface area contributed by atoms with Crippen molar-refractivity contribution in [3.8, 4) is 0 Å². The maximum atomic E-state index is 5.22. The molecule has 5 heteroatoms. The molecule has 1 heterocycles. The molecule has 0 aliphatic heterocycles. The number of methoxy groups -OCH3 is 1. The highest BCUT2D eigenvalue weighted by Crippen LogP contribution is 2.36. The van der Waals surface area contributed by atoms with Crippen LogP contribution in [-0.2, 0) is 4.74 Å². The fourth-order valence-electron chi connectivity index (χ4n) is 1.76. The molecule has 78 valence electrons. The van der Waals surface area contributed by atoms with Gasteiger partial charge < -0.3 is 10.1 Å². The van der Waals surface area contributed by atoms with Crippen LogP contribution in [0.4, 0.5) is 5.13 Å². The largest absolute Gasteiger partial charge is 0.382 e. The van der Waals surface area contributed by atoms with E-state index in [4.69, 9.17) is 4.74 Å². The number of nitrogens with one attached hydrogen (secondary N) is 1.